The Kier molecular flexibility index (Phi) is 6.47. The molecule has 2 heterocycles. The lowest BCUT2D eigenvalue weighted by Crippen LogP contribution is -2.48. The highest BCUT2D eigenvalue weighted by molar-refractivity contribution is 6.31. The van der Waals surface area contributed by atoms with Crippen LogP contribution in [0.15, 0.2) is 65.2 Å². The molecule has 3 aromatic rings. The van der Waals surface area contributed by atoms with E-state index in [1.807, 2.05) is 54.6 Å². The number of aromatic nitrogens is 1. The second-order valence-corrected chi connectivity index (χ2v) is 7.94. The number of hydrogen-bond donors (Lipinski definition) is 1. The van der Waals surface area contributed by atoms with Crippen LogP contribution >= 0.6 is 11.6 Å². The van der Waals surface area contributed by atoms with Gasteiger partial charge < -0.3 is 14.7 Å². The standard InChI is InChI=1S/C23H25ClN4O2/c1-27-11-13-28(14-12-27)21(18-9-5-6-10-19(18)24)16-25-23(29)20-15-22(30-26-20)17-7-3-2-4-8-17/h2-10,15,21H,11-14,16H2,1H3,(H,25,29). The van der Waals surface area contributed by atoms with E-state index in [4.69, 9.17) is 16.1 Å². The lowest BCUT2D eigenvalue weighted by atomic mass is 10.0. The number of benzene rings is 2. The van der Waals surface area contributed by atoms with Crippen molar-refractivity contribution >= 4 is 17.5 Å². The first-order valence-electron chi connectivity index (χ1n) is 10.1. The maximum Gasteiger partial charge on any atom is 0.273 e. The predicted molar refractivity (Wildman–Crippen MR) is 118 cm³/mol. The maximum absolute atomic E-state index is 12.8. The van der Waals surface area contributed by atoms with Gasteiger partial charge in [0, 0.05) is 49.4 Å². The number of amides is 1. The van der Waals surface area contributed by atoms with Crippen LogP contribution in [0.3, 0.4) is 0 Å². The summed E-state index contributed by atoms with van der Waals surface area (Å²) >= 11 is 6.49. The van der Waals surface area contributed by atoms with Gasteiger partial charge in [-0.2, -0.15) is 0 Å². The van der Waals surface area contributed by atoms with Gasteiger partial charge in [-0.15, -0.1) is 0 Å². The first kappa shape index (κ1) is 20.6. The average molecular weight is 425 g/mol. The molecule has 1 amide bonds. The van der Waals surface area contributed by atoms with Crippen molar-refractivity contribution in [3.8, 4) is 11.3 Å². The minimum absolute atomic E-state index is 0.00292. The molecule has 30 heavy (non-hydrogen) atoms. The number of halogens is 1. The summed E-state index contributed by atoms with van der Waals surface area (Å²) in [6.45, 7) is 4.26. The van der Waals surface area contributed by atoms with Crippen molar-refractivity contribution in [1.29, 1.82) is 0 Å². The topological polar surface area (TPSA) is 61.6 Å². The van der Waals surface area contributed by atoms with E-state index in [9.17, 15) is 4.79 Å². The molecule has 0 saturated carbocycles. The Labute approximate surface area is 181 Å². The highest BCUT2D eigenvalue weighted by Crippen LogP contribution is 2.28. The number of likely N-dealkylation sites (N-methyl/N-ethyl adjacent to an activating group) is 1. The smallest absolute Gasteiger partial charge is 0.273 e. The van der Waals surface area contributed by atoms with E-state index in [1.165, 1.54) is 0 Å². The number of hydrogen-bond acceptors (Lipinski definition) is 5. The van der Waals surface area contributed by atoms with Gasteiger partial charge in [-0.05, 0) is 18.7 Å². The molecule has 0 bridgehead atoms. The summed E-state index contributed by atoms with van der Waals surface area (Å²) in [6, 6.07) is 19.1. The fourth-order valence-electron chi connectivity index (χ4n) is 3.72. The van der Waals surface area contributed by atoms with Crippen LogP contribution in [0.4, 0.5) is 0 Å². The third-order valence-corrected chi connectivity index (χ3v) is 5.84. The molecule has 7 heteroatoms. The molecule has 0 radical (unpaired) electrons. The van der Waals surface area contributed by atoms with Crippen molar-refractivity contribution in [1.82, 2.24) is 20.3 Å². The lowest BCUT2D eigenvalue weighted by Gasteiger charge is -2.38. The Bertz CT molecular complexity index is 984. The van der Waals surface area contributed by atoms with E-state index < -0.39 is 0 Å². The zero-order valence-electron chi connectivity index (χ0n) is 16.9. The van der Waals surface area contributed by atoms with Crippen LogP contribution in [0.25, 0.3) is 11.3 Å². The second kappa shape index (κ2) is 9.43. The molecule has 0 aliphatic carbocycles. The van der Waals surface area contributed by atoms with E-state index in [1.54, 1.807) is 6.07 Å². The zero-order chi connectivity index (χ0) is 20.9. The number of carbonyl (C=O) groups excluding carboxylic acids is 1. The van der Waals surface area contributed by atoms with Crippen LogP contribution in [0.1, 0.15) is 22.1 Å². The van der Waals surface area contributed by atoms with Gasteiger partial charge in [0.2, 0.25) is 0 Å². The molecule has 1 aliphatic rings. The van der Waals surface area contributed by atoms with Crippen LogP contribution in [0.5, 0.6) is 0 Å². The Morgan fingerprint density at radius 1 is 1.10 bits per heavy atom. The number of nitrogens with one attached hydrogen (secondary N) is 1. The predicted octanol–water partition coefficient (Wildman–Crippen LogP) is 3.71. The Morgan fingerprint density at radius 2 is 1.80 bits per heavy atom. The van der Waals surface area contributed by atoms with E-state index >= 15 is 0 Å². The van der Waals surface area contributed by atoms with Crippen LogP contribution in [0, 0.1) is 0 Å². The van der Waals surface area contributed by atoms with E-state index in [-0.39, 0.29) is 17.6 Å². The summed E-state index contributed by atoms with van der Waals surface area (Å²) < 4.78 is 5.36. The molecule has 2 aromatic carbocycles. The number of nitrogens with zero attached hydrogens (tertiary/aromatic N) is 3. The van der Waals surface area contributed by atoms with Gasteiger partial charge in [-0.3, -0.25) is 9.69 Å². The summed E-state index contributed by atoms with van der Waals surface area (Å²) in [7, 11) is 2.12. The van der Waals surface area contributed by atoms with Crippen LogP contribution in [-0.4, -0.2) is 60.6 Å². The van der Waals surface area contributed by atoms with Gasteiger partial charge in [0.05, 0.1) is 6.04 Å². The Morgan fingerprint density at radius 3 is 2.53 bits per heavy atom. The molecule has 156 valence electrons. The first-order chi connectivity index (χ1) is 14.6. The van der Waals surface area contributed by atoms with Crippen molar-refractivity contribution in [2.24, 2.45) is 0 Å². The summed E-state index contributed by atoms with van der Waals surface area (Å²) in [5.74, 6) is 0.314. The molecule has 1 fully saturated rings. The molecule has 4 rings (SSSR count). The van der Waals surface area contributed by atoms with E-state index in [0.717, 1.165) is 37.3 Å². The summed E-state index contributed by atoms with van der Waals surface area (Å²) in [5.41, 5.74) is 2.18. The number of carbonyl (C=O) groups is 1. The molecule has 1 unspecified atom stereocenters. The third kappa shape index (κ3) is 4.73. The van der Waals surface area contributed by atoms with E-state index in [0.29, 0.717) is 17.3 Å². The Hall–Kier alpha value is -2.67. The van der Waals surface area contributed by atoms with Gasteiger partial charge in [0.15, 0.2) is 11.5 Å². The SMILES string of the molecule is CN1CCN(C(CNC(=O)c2cc(-c3ccccc3)on2)c2ccccc2Cl)CC1. The van der Waals surface area contributed by atoms with Gasteiger partial charge in [0.25, 0.3) is 5.91 Å². The fraction of sp³-hybridized carbons (Fsp3) is 0.304. The lowest BCUT2D eigenvalue weighted by molar-refractivity contribution is 0.0879. The van der Waals surface area contributed by atoms with Gasteiger partial charge in [-0.25, -0.2) is 0 Å². The van der Waals surface area contributed by atoms with Crippen molar-refractivity contribution < 1.29 is 9.32 Å². The molecule has 1 saturated heterocycles. The summed E-state index contributed by atoms with van der Waals surface area (Å²) in [5, 5.41) is 7.68. The summed E-state index contributed by atoms with van der Waals surface area (Å²) in [4.78, 5) is 17.4. The quantitative estimate of drug-likeness (QED) is 0.653. The molecule has 1 N–H and O–H groups in total. The normalized spacial score (nSPS) is 16.3. The molecular formula is C23H25ClN4O2. The molecule has 1 atom stereocenters. The fourth-order valence-corrected chi connectivity index (χ4v) is 3.98. The molecule has 1 aromatic heterocycles. The van der Waals surface area contributed by atoms with Crippen molar-refractivity contribution in [3.63, 3.8) is 0 Å². The monoisotopic (exact) mass is 424 g/mol. The minimum Gasteiger partial charge on any atom is -0.355 e. The van der Waals surface area contributed by atoms with Gasteiger partial charge in [-0.1, -0.05) is 65.3 Å². The third-order valence-electron chi connectivity index (χ3n) is 5.50. The van der Waals surface area contributed by atoms with Crippen molar-refractivity contribution in [2.75, 3.05) is 39.8 Å². The maximum atomic E-state index is 12.8. The van der Waals surface area contributed by atoms with Crippen molar-refractivity contribution in [2.45, 2.75) is 6.04 Å². The van der Waals surface area contributed by atoms with Crippen LogP contribution < -0.4 is 5.32 Å². The minimum atomic E-state index is -0.257. The van der Waals surface area contributed by atoms with Gasteiger partial charge in [0.1, 0.15) is 0 Å². The molecule has 6 nitrogen and oxygen atoms in total. The average Bonchev–Trinajstić information content (AvgIpc) is 3.27. The van der Waals surface area contributed by atoms with Crippen molar-refractivity contribution in [3.05, 3.63) is 76.9 Å². The largest absolute Gasteiger partial charge is 0.355 e. The molecular weight excluding hydrogens is 400 g/mol. The molecule has 0 spiro atoms. The number of piperazine rings is 1. The molecule has 1 aliphatic heterocycles. The zero-order valence-corrected chi connectivity index (χ0v) is 17.7. The second-order valence-electron chi connectivity index (χ2n) is 7.53. The van der Waals surface area contributed by atoms with E-state index in [2.05, 4.69) is 27.3 Å². The number of rotatable bonds is 6. The first-order valence-corrected chi connectivity index (χ1v) is 10.5. The highest BCUT2D eigenvalue weighted by Gasteiger charge is 2.26. The van der Waals surface area contributed by atoms with Crippen LogP contribution in [-0.2, 0) is 0 Å². The van der Waals surface area contributed by atoms with Gasteiger partial charge >= 0.3 is 0 Å². The Balaban J connectivity index is 1.48. The highest BCUT2D eigenvalue weighted by atomic mass is 35.5. The van der Waals surface area contributed by atoms with Crippen LogP contribution in [0.2, 0.25) is 5.02 Å². The summed E-state index contributed by atoms with van der Waals surface area (Å²) in [6.07, 6.45) is 0.